The van der Waals surface area contributed by atoms with Gasteiger partial charge in [0.2, 0.25) is 0 Å². The Balaban J connectivity index is -0.000000469. The van der Waals surface area contributed by atoms with E-state index in [2.05, 4.69) is 0 Å². The molecule has 0 aliphatic heterocycles. The molecule has 0 unspecified atom stereocenters. The predicted octanol–water partition coefficient (Wildman–Crippen LogP) is 3.55. The number of rotatable bonds is 11. The van der Waals surface area contributed by atoms with Gasteiger partial charge >= 0.3 is 29.8 Å². The molecule has 0 aliphatic carbocycles. The SMILES string of the molecule is CC(=O)CC(=O)OC(C)(C)C.CC(=O)OC(C)(C)C.O=C(O)CCP(CCC(=O)O)CCC(=O)O. The van der Waals surface area contributed by atoms with Crippen molar-refractivity contribution in [3.05, 3.63) is 0 Å². The van der Waals surface area contributed by atoms with Gasteiger partial charge in [0, 0.05) is 26.2 Å². The van der Waals surface area contributed by atoms with Gasteiger partial charge < -0.3 is 24.8 Å². The molecule has 0 bridgehead atoms. The van der Waals surface area contributed by atoms with Crippen LogP contribution >= 0.6 is 7.92 Å². The Labute approximate surface area is 208 Å². The quantitative estimate of drug-likeness (QED) is 0.204. The third-order valence-corrected chi connectivity index (χ3v) is 5.76. The zero-order valence-corrected chi connectivity index (χ0v) is 22.9. The Morgan fingerprint density at radius 2 is 0.943 bits per heavy atom. The van der Waals surface area contributed by atoms with Gasteiger partial charge in [-0.05, 0) is 67.0 Å². The van der Waals surface area contributed by atoms with Crippen LogP contribution in [-0.4, -0.2) is 80.6 Å². The van der Waals surface area contributed by atoms with E-state index >= 15 is 0 Å². The molecule has 3 N–H and O–H groups in total. The van der Waals surface area contributed by atoms with Crippen molar-refractivity contribution in [1.82, 2.24) is 0 Å². The zero-order valence-electron chi connectivity index (χ0n) is 22.0. The predicted molar refractivity (Wildman–Crippen MR) is 131 cm³/mol. The number of aliphatic carboxylic acids is 3. The van der Waals surface area contributed by atoms with Crippen molar-refractivity contribution in [3.63, 3.8) is 0 Å². The minimum Gasteiger partial charge on any atom is -0.481 e. The topological polar surface area (TPSA) is 182 Å². The van der Waals surface area contributed by atoms with E-state index in [4.69, 9.17) is 24.8 Å². The number of ether oxygens (including phenoxy) is 2. The van der Waals surface area contributed by atoms with Gasteiger partial charge in [-0.15, -0.1) is 7.92 Å². The third-order valence-electron chi connectivity index (χ3n) is 3.19. The van der Waals surface area contributed by atoms with Crippen LogP contribution in [0.15, 0.2) is 0 Å². The number of ketones is 1. The fourth-order valence-corrected chi connectivity index (χ4v) is 4.30. The Hall–Kier alpha value is -2.55. The van der Waals surface area contributed by atoms with Crippen molar-refractivity contribution in [2.24, 2.45) is 0 Å². The third kappa shape index (κ3) is 39.0. The van der Waals surface area contributed by atoms with Gasteiger partial charge in [-0.1, -0.05) is 0 Å². The smallest absolute Gasteiger partial charge is 0.313 e. The van der Waals surface area contributed by atoms with E-state index in [-0.39, 0.29) is 43.0 Å². The molecule has 0 aliphatic rings. The second kappa shape index (κ2) is 18.7. The van der Waals surface area contributed by atoms with Crippen molar-refractivity contribution >= 4 is 43.6 Å². The first-order valence-corrected chi connectivity index (χ1v) is 12.8. The maximum Gasteiger partial charge on any atom is 0.313 e. The minimum absolute atomic E-state index is 0.0229. The zero-order chi connectivity index (χ0) is 28.4. The summed E-state index contributed by atoms with van der Waals surface area (Å²) in [5, 5.41) is 25.5. The second-order valence-electron chi connectivity index (χ2n) is 9.44. The Morgan fingerprint density at radius 1 is 0.629 bits per heavy atom. The number of hydrogen-bond acceptors (Lipinski definition) is 8. The van der Waals surface area contributed by atoms with Crippen molar-refractivity contribution in [2.45, 2.75) is 92.3 Å². The van der Waals surface area contributed by atoms with Crippen LogP contribution < -0.4 is 0 Å². The molecule has 0 radical (unpaired) electrons. The summed E-state index contributed by atoms with van der Waals surface area (Å²) in [6.45, 7) is 13.6. The van der Waals surface area contributed by atoms with Gasteiger partial charge in [-0.25, -0.2) is 0 Å². The first-order valence-electron chi connectivity index (χ1n) is 10.9. The fraction of sp³-hybridized carbons (Fsp3) is 0.739. The molecule has 11 nitrogen and oxygen atoms in total. The van der Waals surface area contributed by atoms with E-state index in [9.17, 15) is 28.8 Å². The van der Waals surface area contributed by atoms with Crippen LogP contribution in [0.3, 0.4) is 0 Å². The van der Waals surface area contributed by atoms with Gasteiger partial charge in [0.25, 0.3) is 0 Å². The molecule has 0 spiro atoms. The molecule has 0 saturated carbocycles. The summed E-state index contributed by atoms with van der Waals surface area (Å²) in [7, 11) is -0.801. The van der Waals surface area contributed by atoms with Crippen LogP contribution in [-0.2, 0) is 38.2 Å². The highest BCUT2D eigenvalue weighted by molar-refractivity contribution is 7.57. The second-order valence-corrected chi connectivity index (χ2v) is 12.1. The van der Waals surface area contributed by atoms with E-state index in [0.717, 1.165) is 0 Å². The van der Waals surface area contributed by atoms with Crippen LogP contribution in [0.1, 0.15) is 81.1 Å². The van der Waals surface area contributed by atoms with Crippen LogP contribution in [0.4, 0.5) is 0 Å². The van der Waals surface area contributed by atoms with Crippen LogP contribution in [0.2, 0.25) is 0 Å². The summed E-state index contributed by atoms with van der Waals surface area (Å²) in [5.41, 5.74) is -0.821. The number of carboxylic acids is 3. The Kier molecular flexibility index (Phi) is 19.8. The summed E-state index contributed by atoms with van der Waals surface area (Å²) in [6, 6.07) is 0. The van der Waals surface area contributed by atoms with Gasteiger partial charge in [0.1, 0.15) is 23.4 Å². The van der Waals surface area contributed by atoms with E-state index < -0.39 is 37.4 Å². The van der Waals surface area contributed by atoms with Gasteiger partial charge in [-0.3, -0.25) is 28.8 Å². The van der Waals surface area contributed by atoms with E-state index in [0.29, 0.717) is 18.5 Å². The van der Waals surface area contributed by atoms with Crippen molar-refractivity contribution < 1.29 is 53.6 Å². The highest BCUT2D eigenvalue weighted by Crippen LogP contribution is 2.37. The lowest BCUT2D eigenvalue weighted by molar-refractivity contribution is -0.156. The van der Waals surface area contributed by atoms with Crippen molar-refractivity contribution in [2.75, 3.05) is 18.5 Å². The molecule has 0 heterocycles. The molecule has 0 aromatic heterocycles. The normalized spacial score (nSPS) is 10.7. The number of Topliss-reactive ketones (excluding diaryl/α,β-unsaturated/α-hetero) is 1. The standard InChI is InChI=1S/C9H15O6P.C8H14O3.C6H12O2/c10-7(11)1-4-16(5-2-8(12)13)6-3-9(14)15;1-6(9)5-7(10)11-8(2,3)4;1-5(7)8-6(2,3)4/h1-6H2,(H,10,11)(H,12,13)(H,14,15);5H2,1-4H3;1-4H3. The molecule has 0 fully saturated rings. The number of carbonyl (C=O) groups is 6. The Morgan fingerprint density at radius 3 is 1.11 bits per heavy atom. The number of carboxylic acid groups (broad SMARTS) is 3. The molecule has 0 amide bonds. The summed E-state index contributed by atoms with van der Waals surface area (Å²) < 4.78 is 9.69. The fourth-order valence-electron chi connectivity index (χ4n) is 2.11. The molecule has 35 heavy (non-hydrogen) atoms. The number of esters is 2. The summed E-state index contributed by atoms with van der Waals surface area (Å²) in [6.07, 6.45) is 0.986. The summed E-state index contributed by atoms with van der Waals surface area (Å²) in [4.78, 5) is 62.6. The largest absolute Gasteiger partial charge is 0.481 e. The molecule has 12 heteroatoms. The van der Waals surface area contributed by atoms with E-state index in [1.807, 2.05) is 20.8 Å². The molecule has 0 aromatic rings. The van der Waals surface area contributed by atoms with Crippen LogP contribution in [0.5, 0.6) is 0 Å². The summed E-state index contributed by atoms with van der Waals surface area (Å²) in [5.74, 6) is -3.64. The highest BCUT2D eigenvalue weighted by atomic mass is 31.1. The maximum absolute atomic E-state index is 10.8. The molecule has 0 saturated heterocycles. The highest BCUT2D eigenvalue weighted by Gasteiger charge is 2.17. The van der Waals surface area contributed by atoms with Gasteiger partial charge in [0.15, 0.2) is 0 Å². The lowest BCUT2D eigenvalue weighted by Crippen LogP contribution is -2.24. The number of hydrogen-bond donors (Lipinski definition) is 3. The molecule has 204 valence electrons. The van der Waals surface area contributed by atoms with Crippen LogP contribution in [0, 0.1) is 0 Å². The average molecular weight is 525 g/mol. The van der Waals surface area contributed by atoms with E-state index in [1.165, 1.54) is 13.8 Å². The first kappa shape index (κ1) is 37.0. The average Bonchev–Trinajstić information content (AvgIpc) is 2.56. The van der Waals surface area contributed by atoms with E-state index in [1.54, 1.807) is 20.8 Å². The van der Waals surface area contributed by atoms with Gasteiger partial charge in [0.05, 0.1) is 0 Å². The molecule has 0 rings (SSSR count). The molecular formula is C23H41O11P. The lowest BCUT2D eigenvalue weighted by Gasteiger charge is -2.18. The molecule has 0 atom stereocenters. The minimum atomic E-state index is -0.932. The molecular weight excluding hydrogens is 483 g/mol. The van der Waals surface area contributed by atoms with Crippen molar-refractivity contribution in [1.29, 1.82) is 0 Å². The monoisotopic (exact) mass is 524 g/mol. The van der Waals surface area contributed by atoms with Crippen LogP contribution in [0.25, 0.3) is 0 Å². The maximum atomic E-state index is 10.8. The number of carbonyl (C=O) groups excluding carboxylic acids is 3. The summed E-state index contributed by atoms with van der Waals surface area (Å²) >= 11 is 0. The molecule has 0 aromatic carbocycles. The first-order chi connectivity index (χ1) is 15.6. The Bertz CT molecular complexity index is 660. The lowest BCUT2D eigenvalue weighted by atomic mass is 10.2. The van der Waals surface area contributed by atoms with Gasteiger partial charge in [-0.2, -0.15) is 0 Å². The van der Waals surface area contributed by atoms with Crippen molar-refractivity contribution in [3.8, 4) is 0 Å².